The lowest BCUT2D eigenvalue weighted by Crippen LogP contribution is -2.17. The van der Waals surface area contributed by atoms with E-state index in [0.717, 1.165) is 12.8 Å². The summed E-state index contributed by atoms with van der Waals surface area (Å²) in [5.74, 6) is 2.92. The molecule has 0 saturated heterocycles. The zero-order chi connectivity index (χ0) is 10.9. The third-order valence-corrected chi connectivity index (χ3v) is 1.56. The number of rotatable bonds is 5. The van der Waals surface area contributed by atoms with Gasteiger partial charge in [0.25, 0.3) is 0 Å². The van der Waals surface area contributed by atoms with E-state index in [2.05, 4.69) is 19.0 Å². The van der Waals surface area contributed by atoms with Gasteiger partial charge in [-0.3, -0.25) is 4.89 Å². The van der Waals surface area contributed by atoms with Crippen LogP contribution in [0.15, 0.2) is 0 Å². The molecular formula is C12H22O2. The molecule has 0 aliphatic carbocycles. The first kappa shape index (κ1) is 13.3. The molecule has 0 aliphatic heterocycles. The molecule has 0 amide bonds. The highest BCUT2D eigenvalue weighted by Crippen LogP contribution is 2.06. The van der Waals surface area contributed by atoms with Gasteiger partial charge in [-0.05, 0) is 27.2 Å². The Morgan fingerprint density at radius 2 is 1.79 bits per heavy atom. The van der Waals surface area contributed by atoms with Crippen molar-refractivity contribution in [1.82, 2.24) is 0 Å². The van der Waals surface area contributed by atoms with Crippen LogP contribution in [0.2, 0.25) is 0 Å². The van der Waals surface area contributed by atoms with Gasteiger partial charge in [0, 0.05) is 6.42 Å². The molecule has 0 fully saturated rings. The lowest BCUT2D eigenvalue weighted by atomic mass is 10.2. The maximum Gasteiger partial charge on any atom is 0.157 e. The van der Waals surface area contributed by atoms with Crippen LogP contribution in [0.3, 0.4) is 0 Å². The summed E-state index contributed by atoms with van der Waals surface area (Å²) in [6.07, 6.45) is 8.40. The molecule has 0 rings (SSSR count). The summed E-state index contributed by atoms with van der Waals surface area (Å²) in [5.41, 5.74) is -0.281. The molecule has 0 heterocycles. The van der Waals surface area contributed by atoms with Crippen LogP contribution in [0.1, 0.15) is 59.8 Å². The molecule has 0 bridgehead atoms. The van der Waals surface area contributed by atoms with Crippen LogP contribution < -0.4 is 0 Å². The summed E-state index contributed by atoms with van der Waals surface area (Å²) in [7, 11) is 0. The molecule has 0 aromatic rings. The molecule has 0 N–H and O–H groups in total. The first-order chi connectivity index (χ1) is 6.56. The molecule has 0 aromatic carbocycles. The minimum absolute atomic E-state index is 0.281. The van der Waals surface area contributed by atoms with Gasteiger partial charge in [0.05, 0.1) is 0 Å². The molecule has 0 radical (unpaired) electrons. The lowest BCUT2D eigenvalue weighted by molar-refractivity contribution is -0.300. The van der Waals surface area contributed by atoms with Crippen molar-refractivity contribution in [3.05, 3.63) is 0 Å². The van der Waals surface area contributed by atoms with E-state index >= 15 is 0 Å². The fourth-order valence-electron chi connectivity index (χ4n) is 0.866. The van der Waals surface area contributed by atoms with Crippen LogP contribution >= 0.6 is 0 Å². The van der Waals surface area contributed by atoms with Gasteiger partial charge in [0.2, 0.25) is 0 Å². The molecule has 0 aromatic heterocycles. The molecular weight excluding hydrogens is 176 g/mol. The fraction of sp³-hybridized carbons (Fsp3) is 0.833. The minimum atomic E-state index is -0.281. The Balaban J connectivity index is 3.27. The van der Waals surface area contributed by atoms with Crippen molar-refractivity contribution in [1.29, 1.82) is 0 Å². The van der Waals surface area contributed by atoms with E-state index in [1.54, 1.807) is 0 Å². The SMILES string of the molecule is CCCCCCC#COOC(C)(C)C. The predicted octanol–water partition coefficient (Wildman–Crippen LogP) is 3.66. The van der Waals surface area contributed by atoms with Gasteiger partial charge < -0.3 is 0 Å². The highest BCUT2D eigenvalue weighted by Gasteiger charge is 2.10. The van der Waals surface area contributed by atoms with Gasteiger partial charge in [-0.2, -0.15) is 4.89 Å². The van der Waals surface area contributed by atoms with E-state index < -0.39 is 0 Å². The zero-order valence-electron chi connectivity index (χ0n) is 9.85. The van der Waals surface area contributed by atoms with E-state index in [1.807, 2.05) is 20.8 Å². The van der Waals surface area contributed by atoms with E-state index in [1.165, 1.54) is 19.3 Å². The van der Waals surface area contributed by atoms with Crippen molar-refractivity contribution >= 4 is 0 Å². The average molecular weight is 198 g/mol. The van der Waals surface area contributed by atoms with Crippen LogP contribution in [-0.2, 0) is 9.78 Å². The van der Waals surface area contributed by atoms with Gasteiger partial charge in [-0.15, -0.1) is 0 Å². The van der Waals surface area contributed by atoms with Crippen LogP contribution in [0, 0.1) is 12.0 Å². The minimum Gasteiger partial charge on any atom is -0.282 e. The largest absolute Gasteiger partial charge is 0.282 e. The third-order valence-electron chi connectivity index (χ3n) is 1.56. The van der Waals surface area contributed by atoms with Crippen molar-refractivity contribution < 1.29 is 9.78 Å². The summed E-state index contributed by atoms with van der Waals surface area (Å²) >= 11 is 0. The summed E-state index contributed by atoms with van der Waals surface area (Å²) in [6.45, 7) is 7.98. The molecule has 0 saturated carbocycles. The van der Waals surface area contributed by atoms with Crippen molar-refractivity contribution in [2.75, 3.05) is 0 Å². The average Bonchev–Trinajstić information content (AvgIpc) is 2.08. The Morgan fingerprint density at radius 3 is 2.36 bits per heavy atom. The van der Waals surface area contributed by atoms with Crippen LogP contribution in [0.4, 0.5) is 0 Å². The first-order valence-electron chi connectivity index (χ1n) is 5.39. The van der Waals surface area contributed by atoms with E-state index in [-0.39, 0.29) is 5.60 Å². The Morgan fingerprint density at radius 1 is 1.07 bits per heavy atom. The Labute approximate surface area is 87.9 Å². The fourth-order valence-corrected chi connectivity index (χ4v) is 0.866. The maximum absolute atomic E-state index is 4.98. The number of hydrogen-bond acceptors (Lipinski definition) is 2. The second-order valence-electron chi connectivity index (χ2n) is 4.37. The maximum atomic E-state index is 4.98. The molecule has 14 heavy (non-hydrogen) atoms. The molecule has 0 spiro atoms. The van der Waals surface area contributed by atoms with E-state index in [9.17, 15) is 0 Å². The van der Waals surface area contributed by atoms with E-state index in [0.29, 0.717) is 0 Å². The molecule has 2 heteroatoms. The normalized spacial score (nSPS) is 10.6. The van der Waals surface area contributed by atoms with Gasteiger partial charge >= 0.3 is 0 Å². The number of hydrogen-bond donors (Lipinski definition) is 0. The Bertz CT molecular complexity index is 181. The van der Waals surface area contributed by atoms with Crippen molar-refractivity contribution in [3.63, 3.8) is 0 Å². The molecule has 0 atom stereocenters. The van der Waals surface area contributed by atoms with E-state index in [4.69, 9.17) is 9.78 Å². The first-order valence-corrected chi connectivity index (χ1v) is 5.39. The molecule has 82 valence electrons. The highest BCUT2D eigenvalue weighted by molar-refractivity contribution is 4.90. The monoisotopic (exact) mass is 198 g/mol. The van der Waals surface area contributed by atoms with Crippen LogP contribution in [-0.4, -0.2) is 5.60 Å². The molecule has 0 aliphatic rings. The smallest absolute Gasteiger partial charge is 0.157 e. The summed E-state index contributed by atoms with van der Waals surface area (Å²) in [5, 5.41) is 0. The van der Waals surface area contributed by atoms with Gasteiger partial charge in [0.15, 0.2) is 6.11 Å². The number of unbranched alkanes of at least 4 members (excludes halogenated alkanes) is 4. The lowest BCUT2D eigenvalue weighted by Gasteiger charge is -2.13. The molecule has 2 nitrogen and oxygen atoms in total. The molecule has 0 unspecified atom stereocenters. The van der Waals surface area contributed by atoms with Crippen molar-refractivity contribution in [3.8, 4) is 12.0 Å². The van der Waals surface area contributed by atoms with Crippen LogP contribution in [0.5, 0.6) is 0 Å². The highest BCUT2D eigenvalue weighted by atomic mass is 17.2. The summed E-state index contributed by atoms with van der Waals surface area (Å²) in [6, 6.07) is 0. The third kappa shape index (κ3) is 11.3. The Hall–Kier alpha value is -0.680. The summed E-state index contributed by atoms with van der Waals surface area (Å²) < 4.78 is 0. The van der Waals surface area contributed by atoms with Crippen molar-refractivity contribution in [2.45, 2.75) is 65.4 Å². The van der Waals surface area contributed by atoms with Gasteiger partial charge in [-0.25, -0.2) is 0 Å². The second-order valence-corrected chi connectivity index (χ2v) is 4.37. The van der Waals surface area contributed by atoms with Gasteiger partial charge in [0.1, 0.15) is 5.60 Å². The quantitative estimate of drug-likeness (QED) is 0.290. The van der Waals surface area contributed by atoms with Crippen LogP contribution in [0.25, 0.3) is 0 Å². The standard InChI is InChI=1S/C12H22O2/c1-5-6-7-8-9-10-11-13-14-12(2,3)4/h5-9H2,1-4H3. The van der Waals surface area contributed by atoms with Gasteiger partial charge in [-0.1, -0.05) is 32.1 Å². The summed E-state index contributed by atoms with van der Waals surface area (Å²) in [4.78, 5) is 9.73. The Kier molecular flexibility index (Phi) is 7.32. The second kappa shape index (κ2) is 7.70. The van der Waals surface area contributed by atoms with Crippen molar-refractivity contribution in [2.24, 2.45) is 0 Å². The topological polar surface area (TPSA) is 18.5 Å². The zero-order valence-corrected chi connectivity index (χ0v) is 9.85. The predicted molar refractivity (Wildman–Crippen MR) is 58.5 cm³/mol.